The summed E-state index contributed by atoms with van der Waals surface area (Å²) in [6, 6.07) is 17.7. The van der Waals surface area contributed by atoms with Crippen LogP contribution in [-0.4, -0.2) is 34.8 Å². The van der Waals surface area contributed by atoms with Crippen molar-refractivity contribution in [1.82, 2.24) is 15.2 Å². The lowest BCUT2D eigenvalue weighted by Gasteiger charge is -2.35. The van der Waals surface area contributed by atoms with Crippen molar-refractivity contribution in [2.24, 2.45) is 0 Å². The summed E-state index contributed by atoms with van der Waals surface area (Å²) in [4.78, 5) is 31.1. The maximum Gasteiger partial charge on any atom is 0.313 e. The Morgan fingerprint density at radius 1 is 1.00 bits per heavy atom. The number of carbonyl (C=O) groups is 2. The Morgan fingerprint density at radius 2 is 1.77 bits per heavy atom. The fraction of sp³-hybridized carbons (Fsp3) is 0.208. The molecule has 3 aromatic rings. The van der Waals surface area contributed by atoms with E-state index in [1.807, 2.05) is 24.3 Å². The number of amides is 2. The minimum atomic E-state index is -0.904. The van der Waals surface area contributed by atoms with Crippen molar-refractivity contribution in [3.8, 4) is 0 Å². The molecular weight excluding hydrogens is 395 g/mol. The Labute approximate surface area is 180 Å². The second-order valence-electron chi connectivity index (χ2n) is 7.44. The smallest absolute Gasteiger partial charge is 0.313 e. The second kappa shape index (κ2) is 9.49. The number of anilines is 1. The summed E-state index contributed by atoms with van der Waals surface area (Å²) in [5, 5.41) is 5.01. The third kappa shape index (κ3) is 4.95. The van der Waals surface area contributed by atoms with Crippen LogP contribution >= 0.6 is 0 Å². The molecular formula is C24H23FN4O2. The maximum absolute atomic E-state index is 13.8. The number of benzene rings is 2. The minimum absolute atomic E-state index is 0.0286. The molecule has 2 N–H and O–H groups in total. The van der Waals surface area contributed by atoms with Gasteiger partial charge in [-0.1, -0.05) is 42.5 Å². The number of nitrogens with zero attached hydrogens (tertiary/aromatic N) is 2. The Hall–Kier alpha value is -3.58. The van der Waals surface area contributed by atoms with Gasteiger partial charge >= 0.3 is 11.8 Å². The summed E-state index contributed by atoms with van der Waals surface area (Å²) < 4.78 is 13.8. The van der Waals surface area contributed by atoms with Crippen molar-refractivity contribution >= 4 is 17.5 Å². The highest BCUT2D eigenvalue weighted by Crippen LogP contribution is 2.27. The molecule has 1 aromatic heterocycles. The lowest BCUT2D eigenvalue weighted by molar-refractivity contribution is -0.136. The van der Waals surface area contributed by atoms with E-state index in [0.29, 0.717) is 0 Å². The number of aromatic nitrogens is 1. The van der Waals surface area contributed by atoms with Gasteiger partial charge in [0.1, 0.15) is 5.82 Å². The van der Waals surface area contributed by atoms with E-state index < -0.39 is 17.6 Å². The zero-order valence-corrected chi connectivity index (χ0v) is 16.9. The molecule has 0 radical (unpaired) electrons. The lowest BCUT2D eigenvalue weighted by atomic mass is 9.97. The number of hydrogen-bond acceptors (Lipinski definition) is 4. The average molecular weight is 418 g/mol. The van der Waals surface area contributed by atoms with Crippen LogP contribution in [0.5, 0.6) is 0 Å². The van der Waals surface area contributed by atoms with Crippen LogP contribution < -0.4 is 10.6 Å². The number of nitrogens with one attached hydrogen (secondary N) is 2. The third-order valence-electron chi connectivity index (χ3n) is 5.45. The highest BCUT2D eigenvalue weighted by atomic mass is 19.1. The van der Waals surface area contributed by atoms with E-state index in [4.69, 9.17) is 0 Å². The summed E-state index contributed by atoms with van der Waals surface area (Å²) in [6.07, 6.45) is 4.39. The van der Waals surface area contributed by atoms with Crippen molar-refractivity contribution in [3.05, 3.63) is 95.6 Å². The topological polar surface area (TPSA) is 74.3 Å². The third-order valence-corrected chi connectivity index (χ3v) is 5.45. The molecule has 0 saturated carbocycles. The van der Waals surface area contributed by atoms with E-state index in [2.05, 4.69) is 32.7 Å². The summed E-state index contributed by atoms with van der Waals surface area (Å²) >= 11 is 0. The van der Waals surface area contributed by atoms with Crippen molar-refractivity contribution in [2.75, 3.05) is 18.4 Å². The van der Waals surface area contributed by atoms with Gasteiger partial charge in [-0.05, 0) is 41.3 Å². The van der Waals surface area contributed by atoms with Crippen molar-refractivity contribution in [1.29, 1.82) is 0 Å². The van der Waals surface area contributed by atoms with Gasteiger partial charge in [0.05, 0.1) is 11.7 Å². The molecule has 158 valence electrons. The van der Waals surface area contributed by atoms with Gasteiger partial charge in [0, 0.05) is 32.0 Å². The SMILES string of the molecule is O=C(NCC(c1cccnc1)N1CCc2ccccc2C1)C(=O)Nc1ccccc1F. The number of rotatable bonds is 5. The number of fused-ring (bicyclic) bond motifs is 1. The Kier molecular flexibility index (Phi) is 6.33. The van der Waals surface area contributed by atoms with Crippen LogP contribution in [0.15, 0.2) is 73.1 Å². The number of carbonyl (C=O) groups excluding carboxylic acids is 2. The van der Waals surface area contributed by atoms with Crippen LogP contribution in [0.3, 0.4) is 0 Å². The zero-order valence-electron chi connectivity index (χ0n) is 16.9. The molecule has 7 heteroatoms. The van der Waals surface area contributed by atoms with Crippen LogP contribution in [0.2, 0.25) is 0 Å². The first-order valence-electron chi connectivity index (χ1n) is 10.2. The van der Waals surface area contributed by atoms with Gasteiger partial charge in [-0.25, -0.2) is 4.39 Å². The van der Waals surface area contributed by atoms with E-state index >= 15 is 0 Å². The molecule has 0 aliphatic carbocycles. The van der Waals surface area contributed by atoms with Crippen molar-refractivity contribution < 1.29 is 14.0 Å². The first kappa shape index (κ1) is 20.7. The summed E-state index contributed by atoms with van der Waals surface area (Å²) in [6.45, 7) is 1.80. The molecule has 1 unspecified atom stereocenters. The molecule has 0 bridgehead atoms. The van der Waals surface area contributed by atoms with Crippen LogP contribution in [0.1, 0.15) is 22.7 Å². The zero-order chi connectivity index (χ0) is 21.6. The van der Waals surface area contributed by atoms with E-state index in [1.54, 1.807) is 18.5 Å². The molecule has 2 aromatic carbocycles. The number of hydrogen-bond donors (Lipinski definition) is 2. The largest absolute Gasteiger partial charge is 0.346 e. The fourth-order valence-corrected chi connectivity index (χ4v) is 3.83. The first-order valence-corrected chi connectivity index (χ1v) is 10.2. The van der Waals surface area contributed by atoms with E-state index in [0.717, 1.165) is 25.1 Å². The molecule has 0 saturated heterocycles. The van der Waals surface area contributed by atoms with Crippen LogP contribution in [-0.2, 0) is 22.6 Å². The number of pyridine rings is 1. The van der Waals surface area contributed by atoms with E-state index in [1.165, 1.54) is 29.3 Å². The van der Waals surface area contributed by atoms with E-state index in [9.17, 15) is 14.0 Å². The molecule has 31 heavy (non-hydrogen) atoms. The summed E-state index contributed by atoms with van der Waals surface area (Å²) in [5.74, 6) is -2.31. The first-order chi connectivity index (χ1) is 15.1. The molecule has 2 heterocycles. The highest BCUT2D eigenvalue weighted by molar-refractivity contribution is 6.39. The van der Waals surface area contributed by atoms with Crippen LogP contribution in [0.4, 0.5) is 10.1 Å². The Bertz CT molecular complexity index is 1070. The van der Waals surface area contributed by atoms with Gasteiger partial charge in [0.25, 0.3) is 0 Å². The minimum Gasteiger partial charge on any atom is -0.346 e. The van der Waals surface area contributed by atoms with Gasteiger partial charge in [-0.2, -0.15) is 0 Å². The van der Waals surface area contributed by atoms with Gasteiger partial charge < -0.3 is 10.6 Å². The molecule has 0 spiro atoms. The molecule has 1 aliphatic rings. The standard InChI is InChI=1S/C24H23FN4O2/c25-20-9-3-4-10-21(20)28-24(31)23(30)27-15-22(18-8-5-12-26-14-18)29-13-11-17-6-1-2-7-19(17)16-29/h1-10,12,14,22H,11,13,15-16H2,(H,27,30)(H,28,31). The summed E-state index contributed by atoms with van der Waals surface area (Å²) in [5.41, 5.74) is 3.51. The molecule has 4 rings (SSSR count). The fourth-order valence-electron chi connectivity index (χ4n) is 3.83. The predicted molar refractivity (Wildman–Crippen MR) is 116 cm³/mol. The summed E-state index contributed by atoms with van der Waals surface area (Å²) in [7, 11) is 0. The van der Waals surface area contributed by atoms with Gasteiger partial charge in [0.2, 0.25) is 0 Å². The quantitative estimate of drug-likeness (QED) is 0.625. The van der Waals surface area contributed by atoms with E-state index in [-0.39, 0.29) is 18.3 Å². The molecule has 1 atom stereocenters. The van der Waals surface area contributed by atoms with Gasteiger partial charge in [0.15, 0.2) is 0 Å². The van der Waals surface area contributed by atoms with Crippen LogP contribution in [0.25, 0.3) is 0 Å². The lowest BCUT2D eigenvalue weighted by Crippen LogP contribution is -2.43. The molecule has 0 fully saturated rings. The predicted octanol–water partition coefficient (Wildman–Crippen LogP) is 3.08. The highest BCUT2D eigenvalue weighted by Gasteiger charge is 2.26. The maximum atomic E-state index is 13.8. The van der Waals surface area contributed by atoms with Crippen LogP contribution in [0, 0.1) is 5.82 Å². The molecule has 1 aliphatic heterocycles. The van der Waals surface area contributed by atoms with Crippen molar-refractivity contribution in [3.63, 3.8) is 0 Å². The second-order valence-corrected chi connectivity index (χ2v) is 7.44. The Balaban J connectivity index is 1.45. The molecule has 2 amide bonds. The number of para-hydroxylation sites is 1. The molecule has 6 nitrogen and oxygen atoms in total. The number of halogens is 1. The van der Waals surface area contributed by atoms with Gasteiger partial charge in [-0.3, -0.25) is 19.5 Å². The van der Waals surface area contributed by atoms with Gasteiger partial charge in [-0.15, -0.1) is 0 Å². The monoisotopic (exact) mass is 418 g/mol. The Morgan fingerprint density at radius 3 is 2.55 bits per heavy atom. The normalized spacial score (nSPS) is 14.4. The van der Waals surface area contributed by atoms with Crippen molar-refractivity contribution in [2.45, 2.75) is 19.0 Å². The average Bonchev–Trinajstić information content (AvgIpc) is 2.81.